The van der Waals surface area contributed by atoms with Crippen LogP contribution in [0.15, 0.2) is 30.3 Å². The van der Waals surface area contributed by atoms with Crippen LogP contribution < -0.4 is 10.6 Å². The first-order valence-corrected chi connectivity index (χ1v) is 6.45. The minimum Gasteiger partial charge on any atom is -0.464 e. The number of nitrogens with one attached hydrogen (secondary N) is 2. The third-order valence-corrected chi connectivity index (χ3v) is 3.09. The predicted molar refractivity (Wildman–Crippen MR) is 77.6 cm³/mol. The normalized spacial score (nSPS) is 15.4. The van der Waals surface area contributed by atoms with E-state index in [2.05, 4.69) is 10.6 Å². The van der Waals surface area contributed by atoms with E-state index in [1.54, 1.807) is 19.1 Å². The van der Waals surface area contributed by atoms with E-state index in [0.717, 1.165) is 5.56 Å². The first-order chi connectivity index (χ1) is 9.22. The molecule has 0 unspecified atom stereocenters. The molecule has 1 aliphatic rings. The fourth-order valence-electron chi connectivity index (χ4n) is 1.88. The highest BCUT2D eigenvalue weighted by atomic mass is 35.5. The van der Waals surface area contributed by atoms with Crippen molar-refractivity contribution in [3.63, 3.8) is 0 Å². The predicted octanol–water partition coefficient (Wildman–Crippen LogP) is 1.05. The van der Waals surface area contributed by atoms with Gasteiger partial charge in [0.15, 0.2) is 6.04 Å². The van der Waals surface area contributed by atoms with Gasteiger partial charge in [0.25, 0.3) is 0 Å². The molecule has 1 saturated heterocycles. The van der Waals surface area contributed by atoms with Gasteiger partial charge in [-0.2, -0.15) is 0 Å². The van der Waals surface area contributed by atoms with Gasteiger partial charge in [-0.05, 0) is 12.5 Å². The number of halogens is 1. The molecule has 0 spiro atoms. The number of esters is 1. The molecule has 1 heterocycles. The summed E-state index contributed by atoms with van der Waals surface area (Å²) in [6, 6.07) is 8.41. The van der Waals surface area contributed by atoms with Crippen molar-refractivity contribution in [1.82, 2.24) is 10.6 Å². The van der Waals surface area contributed by atoms with Crippen LogP contribution in [0.25, 0.3) is 0 Å². The number of carbonyl (C=O) groups excluding carboxylic acids is 2. The molecular weight excluding hydrogens is 280 g/mol. The minimum absolute atomic E-state index is 0. The van der Waals surface area contributed by atoms with Crippen LogP contribution in [0.5, 0.6) is 0 Å². The number of amides is 1. The van der Waals surface area contributed by atoms with E-state index in [4.69, 9.17) is 4.74 Å². The molecule has 1 fully saturated rings. The van der Waals surface area contributed by atoms with Crippen molar-refractivity contribution in [3.8, 4) is 0 Å². The summed E-state index contributed by atoms with van der Waals surface area (Å²) < 4.78 is 5.02. The van der Waals surface area contributed by atoms with Gasteiger partial charge < -0.3 is 15.4 Å². The fraction of sp³-hybridized carbons (Fsp3) is 0.429. The lowest BCUT2D eigenvalue weighted by atomic mass is 10.0. The lowest BCUT2D eigenvalue weighted by Crippen LogP contribution is -2.52. The average molecular weight is 299 g/mol. The zero-order valence-corrected chi connectivity index (χ0v) is 12.1. The molecule has 2 rings (SSSR count). The van der Waals surface area contributed by atoms with Crippen LogP contribution in [0.2, 0.25) is 0 Å². The van der Waals surface area contributed by atoms with Crippen LogP contribution in [0.3, 0.4) is 0 Å². The molecule has 110 valence electrons. The summed E-state index contributed by atoms with van der Waals surface area (Å²) in [4.78, 5) is 23.9. The second kappa shape index (κ2) is 7.87. The summed E-state index contributed by atoms with van der Waals surface area (Å²) in [5.74, 6) is -0.587. The van der Waals surface area contributed by atoms with E-state index in [0.29, 0.717) is 19.7 Å². The van der Waals surface area contributed by atoms with Crippen molar-refractivity contribution >= 4 is 24.3 Å². The molecule has 1 aliphatic heterocycles. The zero-order valence-electron chi connectivity index (χ0n) is 11.3. The van der Waals surface area contributed by atoms with Gasteiger partial charge in [0.2, 0.25) is 5.91 Å². The highest BCUT2D eigenvalue weighted by molar-refractivity contribution is 5.87. The topological polar surface area (TPSA) is 67.4 Å². The first-order valence-electron chi connectivity index (χ1n) is 6.45. The zero-order chi connectivity index (χ0) is 13.7. The average Bonchev–Trinajstić information content (AvgIpc) is 2.35. The quantitative estimate of drug-likeness (QED) is 0.797. The van der Waals surface area contributed by atoms with Crippen LogP contribution >= 0.6 is 12.4 Å². The van der Waals surface area contributed by atoms with Crippen molar-refractivity contribution in [1.29, 1.82) is 0 Å². The van der Waals surface area contributed by atoms with Gasteiger partial charge in [-0.15, -0.1) is 12.4 Å². The second-order valence-corrected chi connectivity index (χ2v) is 4.46. The molecule has 6 heteroatoms. The molecule has 1 amide bonds. The van der Waals surface area contributed by atoms with Gasteiger partial charge in [-0.1, -0.05) is 30.3 Å². The first kappa shape index (κ1) is 16.5. The van der Waals surface area contributed by atoms with Crippen LogP contribution in [0, 0.1) is 5.92 Å². The second-order valence-electron chi connectivity index (χ2n) is 4.46. The number of hydrogen-bond donors (Lipinski definition) is 2. The number of benzene rings is 1. The highest BCUT2D eigenvalue weighted by Crippen LogP contribution is 2.16. The summed E-state index contributed by atoms with van der Waals surface area (Å²) in [6.07, 6.45) is 0. The number of rotatable bonds is 5. The Bertz CT molecular complexity index is 449. The van der Waals surface area contributed by atoms with Crippen molar-refractivity contribution in [2.75, 3.05) is 19.7 Å². The van der Waals surface area contributed by atoms with Gasteiger partial charge in [0.05, 0.1) is 12.5 Å². The van der Waals surface area contributed by atoms with Crippen LogP contribution in [0.1, 0.15) is 18.5 Å². The maximum Gasteiger partial charge on any atom is 0.333 e. The van der Waals surface area contributed by atoms with Crippen LogP contribution in [-0.2, 0) is 14.3 Å². The molecule has 1 aromatic carbocycles. The Balaban J connectivity index is 0.00000200. The Morgan fingerprint density at radius 2 is 2.00 bits per heavy atom. The molecule has 0 radical (unpaired) electrons. The van der Waals surface area contributed by atoms with Crippen LogP contribution in [-0.4, -0.2) is 31.6 Å². The third-order valence-electron chi connectivity index (χ3n) is 3.09. The summed E-state index contributed by atoms with van der Waals surface area (Å²) in [7, 11) is 0. The van der Waals surface area contributed by atoms with E-state index in [-0.39, 0.29) is 24.2 Å². The molecule has 20 heavy (non-hydrogen) atoms. The SMILES string of the molecule is CCOC(=O)[C@H](NC(=O)C1CNC1)c1ccccc1.Cl. The molecule has 5 nitrogen and oxygen atoms in total. The summed E-state index contributed by atoms with van der Waals surface area (Å²) in [5, 5.41) is 5.80. The van der Waals surface area contributed by atoms with E-state index >= 15 is 0 Å². The Kier molecular flexibility index (Phi) is 6.48. The number of carbonyl (C=O) groups is 2. The third kappa shape index (κ3) is 3.95. The van der Waals surface area contributed by atoms with E-state index in [1.807, 2.05) is 18.2 Å². The van der Waals surface area contributed by atoms with E-state index in [9.17, 15) is 9.59 Å². The number of ether oxygens (including phenoxy) is 1. The molecule has 1 atom stereocenters. The molecule has 2 N–H and O–H groups in total. The molecule has 0 aromatic heterocycles. The van der Waals surface area contributed by atoms with Gasteiger partial charge in [0.1, 0.15) is 0 Å². The molecule has 1 aromatic rings. The molecule has 0 aliphatic carbocycles. The largest absolute Gasteiger partial charge is 0.464 e. The van der Waals surface area contributed by atoms with E-state index < -0.39 is 12.0 Å². The Labute approximate surface area is 124 Å². The van der Waals surface area contributed by atoms with Gasteiger partial charge in [-0.3, -0.25) is 4.79 Å². The molecule has 0 saturated carbocycles. The van der Waals surface area contributed by atoms with Crippen molar-refractivity contribution in [2.24, 2.45) is 5.92 Å². The van der Waals surface area contributed by atoms with E-state index in [1.165, 1.54) is 0 Å². The highest BCUT2D eigenvalue weighted by Gasteiger charge is 2.30. The Morgan fingerprint density at radius 1 is 1.35 bits per heavy atom. The molecule has 0 bridgehead atoms. The maximum atomic E-state index is 12.0. The maximum absolute atomic E-state index is 12.0. The van der Waals surface area contributed by atoms with Crippen molar-refractivity contribution in [3.05, 3.63) is 35.9 Å². The van der Waals surface area contributed by atoms with Gasteiger partial charge in [-0.25, -0.2) is 4.79 Å². The Hall–Kier alpha value is -1.59. The Morgan fingerprint density at radius 3 is 2.50 bits per heavy atom. The smallest absolute Gasteiger partial charge is 0.333 e. The summed E-state index contributed by atoms with van der Waals surface area (Å²) in [6.45, 7) is 3.37. The lowest BCUT2D eigenvalue weighted by Gasteiger charge is -2.28. The monoisotopic (exact) mass is 298 g/mol. The number of hydrogen-bond acceptors (Lipinski definition) is 4. The molecular formula is C14H19ClN2O3. The summed E-state index contributed by atoms with van der Waals surface area (Å²) >= 11 is 0. The van der Waals surface area contributed by atoms with Crippen molar-refractivity contribution in [2.45, 2.75) is 13.0 Å². The van der Waals surface area contributed by atoms with Crippen LogP contribution in [0.4, 0.5) is 0 Å². The standard InChI is InChI=1S/C14H18N2O3.ClH/c1-2-19-14(18)12(10-6-4-3-5-7-10)16-13(17)11-8-15-9-11;/h3-7,11-12,15H,2,8-9H2,1H3,(H,16,17);1H/t12-;/m1./s1. The lowest BCUT2D eigenvalue weighted by molar-refractivity contribution is -0.148. The van der Waals surface area contributed by atoms with Gasteiger partial charge in [0, 0.05) is 13.1 Å². The van der Waals surface area contributed by atoms with Gasteiger partial charge >= 0.3 is 5.97 Å². The van der Waals surface area contributed by atoms with Crippen molar-refractivity contribution < 1.29 is 14.3 Å². The minimum atomic E-state index is -0.728. The summed E-state index contributed by atoms with van der Waals surface area (Å²) in [5.41, 5.74) is 0.738. The fourth-order valence-corrected chi connectivity index (χ4v) is 1.88.